The molecule has 14 heavy (non-hydrogen) atoms. The molecule has 0 aliphatic rings. The number of nitrogens with two attached hydrogens (primary N) is 1. The van der Waals surface area contributed by atoms with Crippen molar-refractivity contribution in [3.63, 3.8) is 0 Å². The van der Waals surface area contributed by atoms with Gasteiger partial charge >= 0.3 is 0 Å². The van der Waals surface area contributed by atoms with Crippen molar-refractivity contribution < 1.29 is 10.5 Å². The van der Waals surface area contributed by atoms with Crippen LogP contribution in [0.15, 0.2) is 23.8 Å². The zero-order chi connectivity index (χ0) is 10.8. The van der Waals surface area contributed by atoms with Gasteiger partial charge in [0.2, 0.25) is 0 Å². The first kappa shape index (κ1) is 13.1. The van der Waals surface area contributed by atoms with Gasteiger partial charge in [-0.2, -0.15) is 0 Å². The fourth-order valence-electron chi connectivity index (χ4n) is 1.11. The van der Waals surface area contributed by atoms with Gasteiger partial charge in [0.15, 0.2) is 0 Å². The number of allylic oxidation sites excluding steroid dienone is 3. The quantitative estimate of drug-likeness (QED) is 0.274. The fourth-order valence-corrected chi connectivity index (χ4v) is 1.11. The van der Waals surface area contributed by atoms with Crippen molar-refractivity contribution in [3.05, 3.63) is 23.8 Å². The summed E-state index contributed by atoms with van der Waals surface area (Å²) in [5, 5.41) is 0. The van der Waals surface area contributed by atoms with Crippen LogP contribution in [0.5, 0.6) is 0 Å². The van der Waals surface area contributed by atoms with Crippen molar-refractivity contribution in [3.8, 4) is 0 Å². The van der Waals surface area contributed by atoms with Crippen LogP contribution in [0.4, 0.5) is 0 Å². The van der Waals surface area contributed by atoms with Gasteiger partial charge in [-0.25, -0.2) is 0 Å². The first-order valence-corrected chi connectivity index (χ1v) is 5.04. The molecule has 0 bridgehead atoms. The Bertz CT molecular complexity index is 207. The van der Waals surface area contributed by atoms with Gasteiger partial charge < -0.3 is 10.5 Å². The Labute approximate surface area is 85.9 Å². The van der Waals surface area contributed by atoms with Crippen LogP contribution >= 0.6 is 0 Å². The molecule has 0 saturated carbocycles. The number of unbranched alkanes of at least 4 members (excludes halogenated alkanes) is 1. The summed E-state index contributed by atoms with van der Waals surface area (Å²) >= 11 is 0. The van der Waals surface area contributed by atoms with Crippen LogP contribution in [-0.2, 0) is 4.79 Å². The highest BCUT2D eigenvalue weighted by Gasteiger charge is 1.94. The van der Waals surface area contributed by atoms with Gasteiger partial charge in [0, 0.05) is 12.8 Å². The molecular formula is C11H21N2O+. The van der Waals surface area contributed by atoms with Crippen molar-refractivity contribution in [2.45, 2.75) is 38.8 Å². The first-order chi connectivity index (χ1) is 6.70. The molecule has 1 atom stereocenters. The van der Waals surface area contributed by atoms with E-state index in [1.54, 1.807) is 0 Å². The second kappa shape index (κ2) is 8.66. The molecule has 0 aliphatic heterocycles. The molecular weight excluding hydrogens is 176 g/mol. The van der Waals surface area contributed by atoms with E-state index in [9.17, 15) is 4.79 Å². The molecule has 0 aromatic carbocycles. The monoisotopic (exact) mass is 197 g/mol. The Morgan fingerprint density at radius 3 is 2.79 bits per heavy atom. The van der Waals surface area contributed by atoms with E-state index in [2.05, 4.69) is 17.9 Å². The van der Waals surface area contributed by atoms with Crippen LogP contribution in [0, 0.1) is 0 Å². The van der Waals surface area contributed by atoms with E-state index in [4.69, 9.17) is 5.73 Å². The van der Waals surface area contributed by atoms with Crippen LogP contribution in [0.1, 0.15) is 32.6 Å². The SMILES string of the molecule is CC=C(C=CCC(N)[NH3+])CCCC=O. The minimum absolute atomic E-state index is 0.0284. The predicted molar refractivity (Wildman–Crippen MR) is 58.3 cm³/mol. The summed E-state index contributed by atoms with van der Waals surface area (Å²) in [7, 11) is 0. The van der Waals surface area contributed by atoms with Crippen LogP contribution < -0.4 is 11.5 Å². The minimum Gasteiger partial charge on any atom is -0.343 e. The molecule has 0 fully saturated rings. The molecule has 0 saturated heterocycles. The van der Waals surface area contributed by atoms with Crippen molar-refractivity contribution in [2.75, 3.05) is 0 Å². The lowest BCUT2D eigenvalue weighted by atomic mass is 10.1. The number of hydrogen-bond acceptors (Lipinski definition) is 2. The average molecular weight is 197 g/mol. The number of hydrogen-bond donors (Lipinski definition) is 2. The first-order valence-electron chi connectivity index (χ1n) is 5.04. The summed E-state index contributed by atoms with van der Waals surface area (Å²) in [6.07, 6.45) is 10.4. The molecule has 3 nitrogen and oxygen atoms in total. The van der Waals surface area contributed by atoms with E-state index in [-0.39, 0.29) is 6.17 Å². The number of rotatable bonds is 7. The maximum Gasteiger partial charge on any atom is 0.139 e. The van der Waals surface area contributed by atoms with E-state index >= 15 is 0 Å². The number of quaternary nitrogens is 1. The van der Waals surface area contributed by atoms with Crippen LogP contribution in [0.3, 0.4) is 0 Å². The Kier molecular flexibility index (Phi) is 8.08. The topological polar surface area (TPSA) is 70.7 Å². The van der Waals surface area contributed by atoms with E-state index < -0.39 is 0 Å². The van der Waals surface area contributed by atoms with Gasteiger partial charge in [-0.15, -0.1) is 0 Å². The number of carbonyl (C=O) groups excluding carboxylic acids is 1. The van der Waals surface area contributed by atoms with Gasteiger partial charge in [-0.05, 0) is 19.8 Å². The third-order valence-electron chi connectivity index (χ3n) is 1.93. The fraction of sp³-hybridized carbons (Fsp3) is 0.545. The Morgan fingerprint density at radius 1 is 1.57 bits per heavy atom. The summed E-state index contributed by atoms with van der Waals surface area (Å²) < 4.78 is 0. The van der Waals surface area contributed by atoms with Gasteiger partial charge in [0.1, 0.15) is 12.5 Å². The second-order valence-electron chi connectivity index (χ2n) is 3.32. The zero-order valence-corrected chi connectivity index (χ0v) is 8.91. The average Bonchev–Trinajstić information content (AvgIpc) is 2.15. The van der Waals surface area contributed by atoms with Gasteiger partial charge in [-0.3, -0.25) is 5.73 Å². The Morgan fingerprint density at radius 2 is 2.29 bits per heavy atom. The summed E-state index contributed by atoms with van der Waals surface area (Å²) in [4.78, 5) is 10.1. The molecule has 0 amide bonds. The summed E-state index contributed by atoms with van der Waals surface area (Å²) in [5.41, 5.74) is 10.5. The normalized spacial score (nSPS) is 14.6. The van der Waals surface area contributed by atoms with Crippen molar-refractivity contribution in [1.82, 2.24) is 0 Å². The van der Waals surface area contributed by atoms with Gasteiger partial charge in [0.05, 0.1) is 0 Å². The molecule has 0 spiro atoms. The Balaban J connectivity index is 3.79. The van der Waals surface area contributed by atoms with Crippen molar-refractivity contribution in [1.29, 1.82) is 0 Å². The van der Waals surface area contributed by atoms with Gasteiger partial charge in [0.25, 0.3) is 0 Å². The number of carbonyl (C=O) groups is 1. The molecule has 0 heterocycles. The van der Waals surface area contributed by atoms with E-state index in [0.717, 1.165) is 25.5 Å². The summed E-state index contributed by atoms with van der Waals surface area (Å²) in [5.74, 6) is 0. The highest BCUT2D eigenvalue weighted by molar-refractivity contribution is 5.49. The standard InChI is InChI=1S/C11H20N2O/c1-2-10(6-3-4-9-14)7-5-8-11(12)13/h2,5,7,9,11H,3-4,6,8,12-13H2,1H3/p+1. The molecule has 0 aliphatic carbocycles. The number of aldehydes is 1. The van der Waals surface area contributed by atoms with E-state index in [1.807, 2.05) is 13.0 Å². The summed E-state index contributed by atoms with van der Waals surface area (Å²) in [6.45, 7) is 2.00. The lowest BCUT2D eigenvalue weighted by molar-refractivity contribution is -0.416. The molecule has 1 unspecified atom stereocenters. The molecule has 5 N–H and O–H groups in total. The van der Waals surface area contributed by atoms with Crippen LogP contribution in [-0.4, -0.2) is 12.5 Å². The van der Waals surface area contributed by atoms with Crippen molar-refractivity contribution in [2.24, 2.45) is 5.73 Å². The molecule has 0 aromatic heterocycles. The lowest BCUT2D eigenvalue weighted by Crippen LogP contribution is -2.65. The zero-order valence-electron chi connectivity index (χ0n) is 8.91. The minimum atomic E-state index is -0.0284. The summed E-state index contributed by atoms with van der Waals surface area (Å²) in [6, 6.07) is 0. The molecule has 80 valence electrons. The van der Waals surface area contributed by atoms with Crippen LogP contribution in [0.25, 0.3) is 0 Å². The van der Waals surface area contributed by atoms with Gasteiger partial charge in [-0.1, -0.05) is 23.8 Å². The Hall–Kier alpha value is -0.930. The van der Waals surface area contributed by atoms with Crippen molar-refractivity contribution >= 4 is 6.29 Å². The maximum atomic E-state index is 10.1. The highest BCUT2D eigenvalue weighted by Crippen LogP contribution is 2.08. The molecule has 0 rings (SSSR count). The smallest absolute Gasteiger partial charge is 0.139 e. The maximum absolute atomic E-state index is 10.1. The molecule has 0 aromatic rings. The second-order valence-corrected chi connectivity index (χ2v) is 3.32. The highest BCUT2D eigenvalue weighted by atomic mass is 16.1. The largest absolute Gasteiger partial charge is 0.343 e. The lowest BCUT2D eigenvalue weighted by Gasteiger charge is -1.99. The molecule has 3 heteroatoms. The third-order valence-corrected chi connectivity index (χ3v) is 1.93. The van der Waals surface area contributed by atoms with Crippen LogP contribution in [0.2, 0.25) is 0 Å². The van der Waals surface area contributed by atoms with E-state index in [0.29, 0.717) is 6.42 Å². The molecule has 0 radical (unpaired) electrons. The predicted octanol–water partition coefficient (Wildman–Crippen LogP) is 0.775. The third kappa shape index (κ3) is 7.71. The van der Waals surface area contributed by atoms with E-state index in [1.165, 1.54) is 5.57 Å².